The highest BCUT2D eigenvalue weighted by Gasteiger charge is 2.54. The molecule has 168 valence electrons. The molecule has 9 heteroatoms. The van der Waals surface area contributed by atoms with Crippen molar-refractivity contribution in [3.8, 4) is 0 Å². The Hall–Kier alpha value is -1.16. The number of carbonyl (C=O) groups is 2. The van der Waals surface area contributed by atoms with Crippen LogP contribution in [0.15, 0.2) is 0 Å². The molecule has 29 heavy (non-hydrogen) atoms. The Morgan fingerprint density at radius 3 is 2.28 bits per heavy atom. The molecule has 0 aromatic heterocycles. The number of imide groups is 1. The molecule has 0 aromatic carbocycles. The minimum absolute atomic E-state index is 0.0266. The van der Waals surface area contributed by atoms with E-state index in [0.29, 0.717) is 6.61 Å². The molecule has 2 amide bonds. The first kappa shape index (κ1) is 24.1. The van der Waals surface area contributed by atoms with Crippen molar-refractivity contribution in [2.45, 2.75) is 103 Å². The summed E-state index contributed by atoms with van der Waals surface area (Å²) in [4.78, 5) is 25.9. The SMILES string of the molecule is CC(C)(C)OC(=O)N1C(=O)OC[C@@H]1[C@@H]1OC(C)(C)O[C@H]1CO[Si](C)(C)C(C)(C)C. The van der Waals surface area contributed by atoms with E-state index in [1.807, 2.05) is 13.8 Å². The van der Waals surface area contributed by atoms with Crippen LogP contribution in [0.5, 0.6) is 0 Å². The van der Waals surface area contributed by atoms with Gasteiger partial charge in [-0.2, -0.15) is 0 Å². The first-order chi connectivity index (χ1) is 12.9. The largest absolute Gasteiger partial charge is 0.447 e. The number of hydrogen-bond acceptors (Lipinski definition) is 7. The van der Waals surface area contributed by atoms with Crippen LogP contribution in [0, 0.1) is 0 Å². The van der Waals surface area contributed by atoms with Crippen LogP contribution >= 0.6 is 0 Å². The summed E-state index contributed by atoms with van der Waals surface area (Å²) in [6.07, 6.45) is -2.50. The molecule has 2 heterocycles. The van der Waals surface area contributed by atoms with Gasteiger partial charge < -0.3 is 23.4 Å². The molecule has 2 aliphatic rings. The number of nitrogens with zero attached hydrogens (tertiary/aromatic N) is 1. The van der Waals surface area contributed by atoms with Gasteiger partial charge in [0.25, 0.3) is 0 Å². The molecule has 0 aromatic rings. The first-order valence-electron chi connectivity index (χ1n) is 10.1. The van der Waals surface area contributed by atoms with Gasteiger partial charge in [-0.05, 0) is 52.8 Å². The second kappa shape index (κ2) is 7.83. The van der Waals surface area contributed by atoms with E-state index in [1.54, 1.807) is 20.8 Å². The minimum atomic E-state index is -2.01. The van der Waals surface area contributed by atoms with E-state index >= 15 is 0 Å². The summed E-state index contributed by atoms with van der Waals surface area (Å²) in [7, 11) is -2.01. The van der Waals surface area contributed by atoms with Crippen LogP contribution in [-0.2, 0) is 23.4 Å². The van der Waals surface area contributed by atoms with Crippen LogP contribution < -0.4 is 0 Å². The Morgan fingerprint density at radius 2 is 1.76 bits per heavy atom. The normalized spacial score (nSPS) is 27.9. The lowest BCUT2D eigenvalue weighted by atomic mass is 10.1. The number of amides is 2. The number of carbonyl (C=O) groups excluding carboxylic acids is 2. The van der Waals surface area contributed by atoms with Crippen molar-refractivity contribution in [2.24, 2.45) is 0 Å². The Morgan fingerprint density at radius 1 is 1.17 bits per heavy atom. The van der Waals surface area contributed by atoms with Crippen LogP contribution in [0.2, 0.25) is 18.1 Å². The first-order valence-corrected chi connectivity index (χ1v) is 13.0. The standard InChI is InChI=1S/C20H37NO7Si/c1-18(2,3)28-17(23)21-13(11-24-16(21)22)15-14(26-20(7,8)27-15)12-25-29(9,10)19(4,5)6/h13-15H,11-12H2,1-10H3/t13-,14+,15+/m1/s1. The van der Waals surface area contributed by atoms with Gasteiger partial charge in [-0.3, -0.25) is 0 Å². The molecule has 2 fully saturated rings. The summed E-state index contributed by atoms with van der Waals surface area (Å²) in [5.74, 6) is -0.864. The second-order valence-corrected chi connectivity index (χ2v) is 15.5. The zero-order valence-electron chi connectivity index (χ0n) is 19.5. The van der Waals surface area contributed by atoms with E-state index < -0.39 is 50.1 Å². The fraction of sp³-hybridized carbons (Fsp3) is 0.900. The fourth-order valence-electron chi connectivity index (χ4n) is 3.02. The van der Waals surface area contributed by atoms with Crippen molar-refractivity contribution >= 4 is 20.5 Å². The topological polar surface area (TPSA) is 83.5 Å². The van der Waals surface area contributed by atoms with Crippen molar-refractivity contribution in [1.82, 2.24) is 4.90 Å². The van der Waals surface area contributed by atoms with Crippen molar-refractivity contribution in [3.63, 3.8) is 0 Å². The summed E-state index contributed by atoms with van der Waals surface area (Å²) in [6.45, 7) is 20.0. The maximum absolute atomic E-state index is 12.6. The van der Waals surface area contributed by atoms with E-state index in [-0.39, 0.29) is 11.6 Å². The predicted molar refractivity (Wildman–Crippen MR) is 110 cm³/mol. The Labute approximate surface area is 175 Å². The fourth-order valence-corrected chi connectivity index (χ4v) is 4.04. The molecule has 0 radical (unpaired) electrons. The molecule has 0 saturated carbocycles. The third kappa shape index (κ3) is 5.71. The molecule has 8 nitrogen and oxygen atoms in total. The zero-order chi connectivity index (χ0) is 22.4. The molecular weight excluding hydrogens is 394 g/mol. The van der Waals surface area contributed by atoms with Crippen molar-refractivity contribution < 1.29 is 33.0 Å². The number of ether oxygens (including phenoxy) is 4. The summed E-state index contributed by atoms with van der Waals surface area (Å²) in [5.41, 5.74) is -0.734. The van der Waals surface area contributed by atoms with Gasteiger partial charge in [0.1, 0.15) is 30.5 Å². The van der Waals surface area contributed by atoms with Gasteiger partial charge in [-0.1, -0.05) is 20.8 Å². The van der Waals surface area contributed by atoms with Crippen LogP contribution in [0.1, 0.15) is 55.4 Å². The molecule has 0 unspecified atom stereocenters. The summed E-state index contributed by atoms with van der Waals surface area (Å²) >= 11 is 0. The molecule has 2 saturated heterocycles. The third-order valence-corrected chi connectivity index (χ3v) is 10.0. The van der Waals surface area contributed by atoms with Crippen molar-refractivity contribution in [3.05, 3.63) is 0 Å². The maximum Gasteiger partial charge on any atom is 0.420 e. The van der Waals surface area contributed by atoms with Gasteiger partial charge in [0.15, 0.2) is 14.1 Å². The lowest BCUT2D eigenvalue weighted by molar-refractivity contribution is -0.152. The minimum Gasteiger partial charge on any atom is -0.447 e. The summed E-state index contributed by atoms with van der Waals surface area (Å²) in [5, 5.41) is 0.0481. The highest BCUT2D eigenvalue weighted by Crippen LogP contribution is 2.39. The van der Waals surface area contributed by atoms with Gasteiger partial charge in [-0.25, -0.2) is 14.5 Å². The van der Waals surface area contributed by atoms with Crippen LogP contribution in [-0.4, -0.2) is 68.3 Å². The maximum atomic E-state index is 12.6. The number of rotatable bonds is 4. The number of hydrogen-bond donors (Lipinski definition) is 0. The Bertz CT molecular complexity index is 636. The monoisotopic (exact) mass is 431 g/mol. The van der Waals surface area contributed by atoms with Gasteiger partial charge in [-0.15, -0.1) is 0 Å². The lowest BCUT2D eigenvalue weighted by Crippen LogP contribution is -2.52. The zero-order valence-corrected chi connectivity index (χ0v) is 20.5. The van der Waals surface area contributed by atoms with Crippen LogP contribution in [0.3, 0.4) is 0 Å². The van der Waals surface area contributed by atoms with E-state index in [1.165, 1.54) is 0 Å². The molecular formula is C20H37NO7Si. The molecule has 0 aliphatic carbocycles. The van der Waals surface area contributed by atoms with E-state index in [2.05, 4.69) is 33.9 Å². The molecule has 3 atom stereocenters. The third-order valence-electron chi connectivity index (χ3n) is 5.51. The predicted octanol–water partition coefficient (Wildman–Crippen LogP) is 4.28. The van der Waals surface area contributed by atoms with Crippen LogP contribution in [0.25, 0.3) is 0 Å². The van der Waals surface area contributed by atoms with Gasteiger partial charge in [0.2, 0.25) is 0 Å². The molecule has 2 aliphatic heterocycles. The van der Waals surface area contributed by atoms with E-state index in [0.717, 1.165) is 4.90 Å². The second-order valence-electron chi connectivity index (χ2n) is 10.7. The average Bonchev–Trinajstić information content (AvgIpc) is 3.01. The van der Waals surface area contributed by atoms with E-state index in [9.17, 15) is 9.59 Å². The van der Waals surface area contributed by atoms with Gasteiger partial charge in [0, 0.05) is 0 Å². The number of cyclic esters (lactones) is 1. The Kier molecular flexibility index (Phi) is 6.51. The van der Waals surface area contributed by atoms with Crippen molar-refractivity contribution in [1.29, 1.82) is 0 Å². The molecule has 0 spiro atoms. The van der Waals surface area contributed by atoms with Crippen LogP contribution in [0.4, 0.5) is 9.59 Å². The highest BCUT2D eigenvalue weighted by atomic mass is 28.4. The Balaban J connectivity index is 2.20. The van der Waals surface area contributed by atoms with Gasteiger partial charge >= 0.3 is 12.2 Å². The quantitative estimate of drug-likeness (QED) is 0.614. The smallest absolute Gasteiger partial charge is 0.420 e. The van der Waals surface area contributed by atoms with Crippen molar-refractivity contribution in [2.75, 3.05) is 13.2 Å². The average molecular weight is 432 g/mol. The summed E-state index contributed by atoms with van der Waals surface area (Å²) in [6, 6.07) is -0.646. The molecule has 2 rings (SSSR count). The molecule has 0 N–H and O–H groups in total. The molecule has 0 bridgehead atoms. The lowest BCUT2D eigenvalue weighted by Gasteiger charge is -2.37. The van der Waals surface area contributed by atoms with Gasteiger partial charge in [0.05, 0.1) is 6.61 Å². The van der Waals surface area contributed by atoms with E-state index in [4.69, 9.17) is 23.4 Å². The highest BCUT2D eigenvalue weighted by molar-refractivity contribution is 6.74. The summed E-state index contributed by atoms with van der Waals surface area (Å²) < 4.78 is 29.1.